The summed E-state index contributed by atoms with van der Waals surface area (Å²) in [5, 5.41) is 9.98. The Morgan fingerprint density at radius 3 is 2.40 bits per heavy atom. The van der Waals surface area contributed by atoms with Crippen LogP contribution >= 0.6 is 0 Å². The van der Waals surface area contributed by atoms with Crippen LogP contribution in [-0.2, 0) is 11.2 Å². The molecule has 0 radical (unpaired) electrons. The molecular weight excluding hydrogens is 316 g/mol. The van der Waals surface area contributed by atoms with E-state index in [9.17, 15) is 5.11 Å². The van der Waals surface area contributed by atoms with Crippen molar-refractivity contribution >= 4 is 0 Å². The van der Waals surface area contributed by atoms with Crippen LogP contribution in [-0.4, -0.2) is 32.5 Å². The van der Waals surface area contributed by atoms with Gasteiger partial charge in [-0.1, -0.05) is 35.9 Å². The summed E-state index contributed by atoms with van der Waals surface area (Å²) in [5.41, 5.74) is 3.56. The van der Waals surface area contributed by atoms with Gasteiger partial charge in [-0.2, -0.15) is 0 Å². The van der Waals surface area contributed by atoms with E-state index in [1.807, 2.05) is 18.2 Å². The Balaban J connectivity index is 1.78. The maximum atomic E-state index is 9.98. The predicted molar refractivity (Wildman–Crippen MR) is 97.2 cm³/mol. The highest BCUT2D eigenvalue weighted by Crippen LogP contribution is 2.42. The Labute approximate surface area is 149 Å². The smallest absolute Gasteiger partial charge is 0.161 e. The lowest BCUT2D eigenvalue weighted by atomic mass is 9.84. The van der Waals surface area contributed by atoms with Gasteiger partial charge in [0.25, 0.3) is 0 Å². The van der Waals surface area contributed by atoms with E-state index in [-0.39, 0.29) is 18.6 Å². The molecule has 1 aliphatic heterocycles. The van der Waals surface area contributed by atoms with Crippen molar-refractivity contribution < 1.29 is 19.3 Å². The zero-order valence-electron chi connectivity index (χ0n) is 15.1. The van der Waals surface area contributed by atoms with Crippen molar-refractivity contribution in [3.63, 3.8) is 0 Å². The summed E-state index contributed by atoms with van der Waals surface area (Å²) < 4.78 is 16.8. The zero-order valence-corrected chi connectivity index (χ0v) is 15.1. The third kappa shape index (κ3) is 3.80. The molecule has 1 N–H and O–H groups in total. The van der Waals surface area contributed by atoms with Crippen LogP contribution in [0, 0.1) is 18.8 Å². The summed E-state index contributed by atoms with van der Waals surface area (Å²) in [5.74, 6) is 1.74. The molecule has 1 heterocycles. The fourth-order valence-electron chi connectivity index (χ4n) is 3.58. The summed E-state index contributed by atoms with van der Waals surface area (Å²) in [6, 6.07) is 14.4. The minimum atomic E-state index is -0.125. The molecule has 1 aliphatic rings. The molecule has 1 unspecified atom stereocenters. The van der Waals surface area contributed by atoms with Crippen molar-refractivity contribution in [2.24, 2.45) is 11.8 Å². The van der Waals surface area contributed by atoms with Gasteiger partial charge in [0.05, 0.1) is 26.9 Å². The summed E-state index contributed by atoms with van der Waals surface area (Å²) in [4.78, 5) is 0. The van der Waals surface area contributed by atoms with Crippen molar-refractivity contribution in [1.82, 2.24) is 0 Å². The van der Waals surface area contributed by atoms with Crippen LogP contribution in [0.4, 0.5) is 0 Å². The summed E-state index contributed by atoms with van der Waals surface area (Å²) in [6.45, 7) is 2.85. The molecule has 4 heteroatoms. The molecule has 0 saturated carbocycles. The second-order valence-corrected chi connectivity index (χ2v) is 6.66. The van der Waals surface area contributed by atoms with Gasteiger partial charge in [0.1, 0.15) is 0 Å². The zero-order chi connectivity index (χ0) is 17.8. The second-order valence-electron chi connectivity index (χ2n) is 6.66. The van der Waals surface area contributed by atoms with Crippen molar-refractivity contribution in [2.75, 3.05) is 27.4 Å². The van der Waals surface area contributed by atoms with Crippen molar-refractivity contribution in [2.45, 2.75) is 19.4 Å². The standard InChI is InChI=1S/C21H26O4/c1-14-4-6-15(7-5-14)10-17-13-25-21(18(17)12-22)16-8-9-19(23-2)20(11-16)24-3/h4-9,11,17-18,21-22H,10,12-13H2,1-3H3/t17-,18-,21?/m0/s1. The average Bonchev–Trinajstić information content (AvgIpc) is 3.05. The number of ether oxygens (including phenoxy) is 3. The summed E-state index contributed by atoms with van der Waals surface area (Å²) in [7, 11) is 3.25. The fraction of sp³-hybridized carbons (Fsp3) is 0.429. The van der Waals surface area contributed by atoms with E-state index in [4.69, 9.17) is 14.2 Å². The maximum absolute atomic E-state index is 9.98. The predicted octanol–water partition coefficient (Wildman–Crippen LogP) is 3.55. The lowest BCUT2D eigenvalue weighted by Gasteiger charge is -2.22. The van der Waals surface area contributed by atoms with Gasteiger partial charge in [0.2, 0.25) is 0 Å². The van der Waals surface area contributed by atoms with Gasteiger partial charge in [-0.05, 0) is 42.5 Å². The first-order valence-corrected chi connectivity index (χ1v) is 8.66. The van der Waals surface area contributed by atoms with E-state index in [0.717, 1.165) is 12.0 Å². The highest BCUT2D eigenvalue weighted by molar-refractivity contribution is 5.44. The van der Waals surface area contributed by atoms with Crippen LogP contribution in [0.15, 0.2) is 42.5 Å². The highest BCUT2D eigenvalue weighted by Gasteiger charge is 2.37. The number of aliphatic hydroxyl groups is 1. The number of aryl methyl sites for hydroxylation is 1. The van der Waals surface area contributed by atoms with Crippen molar-refractivity contribution in [3.8, 4) is 11.5 Å². The molecule has 0 aliphatic carbocycles. The molecule has 0 spiro atoms. The molecule has 2 aromatic carbocycles. The van der Waals surface area contributed by atoms with Gasteiger partial charge in [-0.3, -0.25) is 0 Å². The maximum Gasteiger partial charge on any atom is 0.161 e. The van der Waals surface area contributed by atoms with Crippen LogP contribution < -0.4 is 9.47 Å². The van der Waals surface area contributed by atoms with Gasteiger partial charge in [0.15, 0.2) is 11.5 Å². The Morgan fingerprint density at radius 1 is 1.04 bits per heavy atom. The molecule has 25 heavy (non-hydrogen) atoms. The number of methoxy groups -OCH3 is 2. The molecule has 1 fully saturated rings. The number of aliphatic hydroxyl groups excluding tert-OH is 1. The van der Waals surface area contributed by atoms with Gasteiger partial charge >= 0.3 is 0 Å². The lowest BCUT2D eigenvalue weighted by molar-refractivity contribution is 0.0717. The quantitative estimate of drug-likeness (QED) is 0.872. The minimum absolute atomic E-state index is 0.0689. The topological polar surface area (TPSA) is 47.9 Å². The Morgan fingerprint density at radius 2 is 1.76 bits per heavy atom. The van der Waals surface area contributed by atoms with Crippen molar-refractivity contribution in [1.29, 1.82) is 0 Å². The Kier molecular flexibility index (Phi) is 5.61. The molecular formula is C21H26O4. The Hall–Kier alpha value is -2.04. The Bertz CT molecular complexity index is 696. The van der Waals surface area contributed by atoms with Crippen LogP contribution in [0.1, 0.15) is 22.8 Å². The van der Waals surface area contributed by atoms with Crippen LogP contribution in [0.5, 0.6) is 11.5 Å². The second kappa shape index (κ2) is 7.89. The number of rotatable bonds is 6. The molecule has 3 rings (SSSR count). The van der Waals surface area contributed by atoms with E-state index in [1.54, 1.807) is 14.2 Å². The van der Waals surface area contributed by atoms with E-state index >= 15 is 0 Å². The minimum Gasteiger partial charge on any atom is -0.493 e. The van der Waals surface area contributed by atoms with Gasteiger partial charge in [-0.15, -0.1) is 0 Å². The van der Waals surface area contributed by atoms with Crippen molar-refractivity contribution in [3.05, 3.63) is 59.2 Å². The molecule has 1 saturated heterocycles. The average molecular weight is 342 g/mol. The van der Waals surface area contributed by atoms with Crippen LogP contribution in [0.3, 0.4) is 0 Å². The number of hydrogen-bond acceptors (Lipinski definition) is 4. The third-order valence-electron chi connectivity index (χ3n) is 5.05. The van der Waals surface area contributed by atoms with Gasteiger partial charge < -0.3 is 19.3 Å². The number of benzene rings is 2. The molecule has 0 bridgehead atoms. The molecule has 0 aromatic heterocycles. The van der Waals surface area contributed by atoms with E-state index in [1.165, 1.54) is 11.1 Å². The third-order valence-corrected chi connectivity index (χ3v) is 5.05. The molecule has 2 aromatic rings. The lowest BCUT2D eigenvalue weighted by Crippen LogP contribution is -2.21. The normalized spacial score (nSPS) is 22.8. The fourth-order valence-corrected chi connectivity index (χ4v) is 3.58. The highest BCUT2D eigenvalue weighted by atomic mass is 16.5. The van der Waals surface area contributed by atoms with Gasteiger partial charge in [-0.25, -0.2) is 0 Å². The first kappa shape index (κ1) is 17.8. The molecule has 4 nitrogen and oxygen atoms in total. The van der Waals surface area contributed by atoms with Crippen LogP contribution in [0.2, 0.25) is 0 Å². The monoisotopic (exact) mass is 342 g/mol. The molecule has 134 valence electrons. The number of hydrogen-bond donors (Lipinski definition) is 1. The van der Waals surface area contributed by atoms with E-state index in [0.29, 0.717) is 24.0 Å². The largest absolute Gasteiger partial charge is 0.493 e. The molecule has 0 amide bonds. The summed E-state index contributed by atoms with van der Waals surface area (Å²) >= 11 is 0. The van der Waals surface area contributed by atoms with Crippen LogP contribution in [0.25, 0.3) is 0 Å². The first-order valence-electron chi connectivity index (χ1n) is 8.66. The molecule has 3 atom stereocenters. The summed E-state index contributed by atoms with van der Waals surface area (Å²) in [6.07, 6.45) is 0.787. The SMILES string of the molecule is COc1ccc(C2OC[C@H](Cc3ccc(C)cc3)[C@@H]2CO)cc1OC. The van der Waals surface area contributed by atoms with E-state index in [2.05, 4.69) is 31.2 Å². The first-order chi connectivity index (χ1) is 12.2. The van der Waals surface area contributed by atoms with E-state index < -0.39 is 0 Å². The van der Waals surface area contributed by atoms with Gasteiger partial charge in [0, 0.05) is 12.5 Å².